The van der Waals surface area contributed by atoms with Crippen molar-refractivity contribution in [3.63, 3.8) is 0 Å². The minimum Gasteiger partial charge on any atom is -0.477 e. The Kier molecular flexibility index (Phi) is 5.99. The van der Waals surface area contributed by atoms with Crippen molar-refractivity contribution in [2.45, 2.75) is 25.8 Å². The Hall–Kier alpha value is -3.27. The summed E-state index contributed by atoms with van der Waals surface area (Å²) in [4.78, 5) is 23.8. The van der Waals surface area contributed by atoms with E-state index >= 15 is 0 Å². The summed E-state index contributed by atoms with van der Waals surface area (Å²) in [7, 11) is 3.67. The van der Waals surface area contributed by atoms with Crippen LogP contribution in [0.5, 0.6) is 5.88 Å². The van der Waals surface area contributed by atoms with Crippen LogP contribution >= 0.6 is 0 Å². The van der Waals surface area contributed by atoms with Crippen molar-refractivity contribution in [2.75, 3.05) is 37.0 Å². The number of aromatic nitrogens is 4. The Morgan fingerprint density at radius 3 is 2.90 bits per heavy atom. The fraction of sp³-hybridized carbons (Fsp3) is 0.429. The van der Waals surface area contributed by atoms with Gasteiger partial charge in [-0.25, -0.2) is 9.37 Å². The summed E-state index contributed by atoms with van der Waals surface area (Å²) >= 11 is 0. The molecule has 1 fully saturated rings. The van der Waals surface area contributed by atoms with Gasteiger partial charge in [-0.05, 0) is 45.0 Å². The molecule has 0 aliphatic carbocycles. The van der Waals surface area contributed by atoms with Crippen LogP contribution < -0.4 is 20.3 Å². The van der Waals surface area contributed by atoms with E-state index in [9.17, 15) is 9.18 Å². The molecule has 1 aliphatic rings. The van der Waals surface area contributed by atoms with Crippen LogP contribution in [0.25, 0.3) is 10.9 Å². The van der Waals surface area contributed by atoms with E-state index < -0.39 is 11.7 Å². The number of hydrogen-bond donors (Lipinski definition) is 2. The maximum absolute atomic E-state index is 14.3. The SMILES string of the molecule is CCOc1nc(N(C)C2CCNCC2)ncc1C(=O)Nc1cc(F)c2nn(C)cc2c1. The molecule has 1 aliphatic heterocycles. The first-order chi connectivity index (χ1) is 15.0. The topological polar surface area (TPSA) is 97.2 Å². The lowest BCUT2D eigenvalue weighted by molar-refractivity contribution is 0.102. The van der Waals surface area contributed by atoms with E-state index in [0.717, 1.165) is 25.9 Å². The summed E-state index contributed by atoms with van der Waals surface area (Å²) in [6, 6.07) is 3.24. The van der Waals surface area contributed by atoms with Gasteiger partial charge in [0.25, 0.3) is 5.91 Å². The zero-order chi connectivity index (χ0) is 22.0. The molecule has 9 nitrogen and oxygen atoms in total. The lowest BCUT2D eigenvalue weighted by Crippen LogP contribution is -2.42. The van der Waals surface area contributed by atoms with Gasteiger partial charge in [0, 0.05) is 43.6 Å². The number of benzene rings is 1. The molecule has 0 saturated carbocycles. The van der Waals surface area contributed by atoms with Gasteiger partial charge < -0.3 is 20.3 Å². The van der Waals surface area contributed by atoms with Crippen molar-refractivity contribution >= 4 is 28.4 Å². The quantitative estimate of drug-likeness (QED) is 0.623. The standard InChI is InChI=1S/C21H26FN7O2/c1-4-31-20-16(11-24-21(26-20)29(3)15-5-7-23-8-6-15)19(30)25-14-9-13-12-28(2)27-18(13)17(22)10-14/h9-12,15,23H,4-8H2,1-3H3,(H,25,30). The van der Waals surface area contributed by atoms with Crippen LogP contribution in [-0.4, -0.2) is 58.4 Å². The number of halogens is 1. The average molecular weight is 427 g/mol. The number of hydrogen-bond acceptors (Lipinski definition) is 7. The van der Waals surface area contributed by atoms with Gasteiger partial charge in [0.15, 0.2) is 5.82 Å². The lowest BCUT2D eigenvalue weighted by Gasteiger charge is -2.31. The first-order valence-electron chi connectivity index (χ1n) is 10.3. The van der Waals surface area contributed by atoms with Gasteiger partial charge >= 0.3 is 0 Å². The maximum Gasteiger partial charge on any atom is 0.262 e. The second kappa shape index (κ2) is 8.84. The number of amides is 1. The van der Waals surface area contributed by atoms with Crippen LogP contribution in [0.15, 0.2) is 24.5 Å². The second-order valence-electron chi connectivity index (χ2n) is 7.57. The maximum atomic E-state index is 14.3. The van der Waals surface area contributed by atoms with Crippen LogP contribution in [0.3, 0.4) is 0 Å². The zero-order valence-electron chi connectivity index (χ0n) is 17.9. The first kappa shape index (κ1) is 21.0. The number of rotatable bonds is 6. The van der Waals surface area contributed by atoms with Crippen molar-refractivity contribution in [1.82, 2.24) is 25.1 Å². The average Bonchev–Trinajstić information content (AvgIpc) is 3.14. The largest absolute Gasteiger partial charge is 0.477 e. The second-order valence-corrected chi connectivity index (χ2v) is 7.57. The smallest absolute Gasteiger partial charge is 0.262 e. The van der Waals surface area contributed by atoms with Gasteiger partial charge in [-0.3, -0.25) is 9.48 Å². The number of nitrogens with zero attached hydrogens (tertiary/aromatic N) is 5. The highest BCUT2D eigenvalue weighted by Gasteiger charge is 2.23. The third-order valence-electron chi connectivity index (χ3n) is 5.37. The highest BCUT2D eigenvalue weighted by atomic mass is 19.1. The molecule has 0 unspecified atom stereocenters. The highest BCUT2D eigenvalue weighted by molar-refractivity contribution is 6.06. The molecule has 0 bridgehead atoms. The Morgan fingerprint density at radius 1 is 1.39 bits per heavy atom. The molecule has 31 heavy (non-hydrogen) atoms. The van der Waals surface area contributed by atoms with Crippen LogP contribution in [0, 0.1) is 5.82 Å². The van der Waals surface area contributed by atoms with E-state index in [0.29, 0.717) is 29.7 Å². The molecule has 1 aromatic carbocycles. The number of piperidine rings is 1. The van der Waals surface area contributed by atoms with E-state index in [1.807, 2.05) is 18.9 Å². The molecule has 10 heteroatoms. The van der Waals surface area contributed by atoms with Crippen LogP contribution in [0.1, 0.15) is 30.1 Å². The van der Waals surface area contributed by atoms with E-state index in [1.54, 1.807) is 19.3 Å². The predicted molar refractivity (Wildman–Crippen MR) is 116 cm³/mol. The number of aryl methyl sites for hydroxylation is 1. The Morgan fingerprint density at radius 2 is 2.16 bits per heavy atom. The van der Waals surface area contributed by atoms with Gasteiger partial charge in [-0.1, -0.05) is 0 Å². The minimum atomic E-state index is -0.506. The Bertz CT molecular complexity index is 1090. The Labute approximate surface area is 179 Å². The summed E-state index contributed by atoms with van der Waals surface area (Å²) in [5.74, 6) is -0.265. The first-order valence-corrected chi connectivity index (χ1v) is 10.3. The molecular formula is C21H26FN7O2. The van der Waals surface area contributed by atoms with Gasteiger partial charge in [-0.15, -0.1) is 0 Å². The molecule has 4 rings (SSSR count). The number of carbonyl (C=O) groups is 1. The van der Waals surface area contributed by atoms with Crippen LogP contribution in [-0.2, 0) is 7.05 Å². The number of fused-ring (bicyclic) bond motifs is 1. The number of nitrogens with one attached hydrogen (secondary N) is 2. The van der Waals surface area contributed by atoms with Crippen molar-refractivity contribution in [1.29, 1.82) is 0 Å². The summed E-state index contributed by atoms with van der Waals surface area (Å²) in [5, 5.41) is 10.7. The monoisotopic (exact) mass is 427 g/mol. The van der Waals surface area contributed by atoms with Gasteiger partial charge in [0.05, 0.1) is 6.61 Å². The molecule has 2 N–H and O–H groups in total. The van der Waals surface area contributed by atoms with Gasteiger partial charge in [-0.2, -0.15) is 10.1 Å². The zero-order valence-corrected chi connectivity index (χ0v) is 17.9. The van der Waals surface area contributed by atoms with E-state index in [4.69, 9.17) is 4.74 Å². The lowest BCUT2D eigenvalue weighted by atomic mass is 10.1. The molecule has 0 radical (unpaired) electrons. The molecule has 2 aromatic heterocycles. The van der Waals surface area contributed by atoms with Crippen molar-refractivity contribution in [3.8, 4) is 5.88 Å². The van der Waals surface area contributed by atoms with Crippen molar-refractivity contribution < 1.29 is 13.9 Å². The molecule has 164 valence electrons. The molecule has 0 atom stereocenters. The number of anilines is 2. The molecule has 0 spiro atoms. The molecule has 1 saturated heterocycles. The fourth-order valence-electron chi connectivity index (χ4n) is 3.77. The predicted octanol–water partition coefficient (Wildman–Crippen LogP) is 2.34. The summed E-state index contributed by atoms with van der Waals surface area (Å²) < 4.78 is 21.5. The van der Waals surface area contributed by atoms with E-state index in [2.05, 4.69) is 25.7 Å². The number of carbonyl (C=O) groups excluding carboxylic acids is 1. The van der Waals surface area contributed by atoms with E-state index in [-0.39, 0.29) is 17.0 Å². The summed E-state index contributed by atoms with van der Waals surface area (Å²) in [6.07, 6.45) is 5.14. The number of ether oxygens (including phenoxy) is 1. The summed E-state index contributed by atoms with van der Waals surface area (Å²) in [5.41, 5.74) is 0.765. The molecular weight excluding hydrogens is 401 g/mol. The summed E-state index contributed by atoms with van der Waals surface area (Å²) in [6.45, 7) is 4.08. The minimum absolute atomic E-state index is 0.191. The van der Waals surface area contributed by atoms with Gasteiger partial charge in [0.2, 0.25) is 11.8 Å². The van der Waals surface area contributed by atoms with Crippen molar-refractivity contribution in [2.24, 2.45) is 7.05 Å². The molecule has 3 heterocycles. The third kappa shape index (κ3) is 4.43. The van der Waals surface area contributed by atoms with Crippen LogP contribution in [0.2, 0.25) is 0 Å². The molecule has 1 amide bonds. The molecule has 3 aromatic rings. The third-order valence-corrected chi connectivity index (χ3v) is 5.37. The van der Waals surface area contributed by atoms with Gasteiger partial charge in [0.1, 0.15) is 11.1 Å². The van der Waals surface area contributed by atoms with E-state index in [1.165, 1.54) is 16.9 Å². The highest BCUT2D eigenvalue weighted by Crippen LogP contribution is 2.25. The Balaban J connectivity index is 1.58. The van der Waals surface area contributed by atoms with Crippen molar-refractivity contribution in [3.05, 3.63) is 35.9 Å². The fourth-order valence-corrected chi connectivity index (χ4v) is 3.77. The van der Waals surface area contributed by atoms with Crippen LogP contribution in [0.4, 0.5) is 16.0 Å². The normalized spacial score (nSPS) is 14.6.